The second kappa shape index (κ2) is 6.79. The van der Waals surface area contributed by atoms with E-state index in [9.17, 15) is 4.79 Å². The van der Waals surface area contributed by atoms with Gasteiger partial charge in [-0.05, 0) is 55.7 Å². The van der Waals surface area contributed by atoms with E-state index >= 15 is 0 Å². The van der Waals surface area contributed by atoms with E-state index in [0.29, 0.717) is 12.3 Å². The van der Waals surface area contributed by atoms with Crippen molar-refractivity contribution >= 4 is 23.2 Å². The molecule has 0 bridgehead atoms. The minimum absolute atomic E-state index is 0.110. The highest BCUT2D eigenvalue weighted by Gasteiger charge is 2.14. The number of anilines is 1. The topological polar surface area (TPSA) is 29.1 Å². The first-order valence-corrected chi connectivity index (χ1v) is 7.31. The van der Waals surface area contributed by atoms with Crippen LogP contribution in [-0.2, 0) is 17.6 Å². The number of benzene rings is 1. The summed E-state index contributed by atoms with van der Waals surface area (Å²) in [4.78, 5) is 11.8. The number of carbonyl (C=O) groups is 1. The molecule has 1 aromatic carbocycles. The van der Waals surface area contributed by atoms with Gasteiger partial charge in [0.15, 0.2) is 0 Å². The van der Waals surface area contributed by atoms with Gasteiger partial charge in [-0.2, -0.15) is 0 Å². The fourth-order valence-electron chi connectivity index (χ4n) is 2.49. The molecular formula is C15H20ClNO. The Morgan fingerprint density at radius 3 is 2.89 bits per heavy atom. The second-order valence-corrected chi connectivity index (χ2v) is 5.22. The zero-order chi connectivity index (χ0) is 12.8. The van der Waals surface area contributed by atoms with Crippen LogP contribution >= 0.6 is 11.6 Å². The van der Waals surface area contributed by atoms with Gasteiger partial charge in [-0.25, -0.2) is 0 Å². The van der Waals surface area contributed by atoms with E-state index in [4.69, 9.17) is 11.6 Å². The van der Waals surface area contributed by atoms with Crippen molar-refractivity contribution in [1.82, 2.24) is 0 Å². The van der Waals surface area contributed by atoms with E-state index in [2.05, 4.69) is 11.4 Å². The van der Waals surface area contributed by atoms with Crippen molar-refractivity contribution in [3.8, 4) is 0 Å². The summed E-state index contributed by atoms with van der Waals surface area (Å²) >= 11 is 5.61. The third kappa shape index (κ3) is 3.49. The minimum atomic E-state index is 0.110. The van der Waals surface area contributed by atoms with Gasteiger partial charge in [-0.3, -0.25) is 4.79 Å². The molecule has 0 saturated carbocycles. The Morgan fingerprint density at radius 2 is 2.06 bits per heavy atom. The summed E-state index contributed by atoms with van der Waals surface area (Å²) in [6, 6.07) is 6.24. The predicted molar refractivity (Wildman–Crippen MR) is 76.3 cm³/mol. The number of fused-ring (bicyclic) bond motifs is 1. The van der Waals surface area contributed by atoms with E-state index in [0.717, 1.165) is 31.4 Å². The van der Waals surface area contributed by atoms with Crippen molar-refractivity contribution in [3.05, 3.63) is 29.3 Å². The number of halogens is 1. The van der Waals surface area contributed by atoms with E-state index < -0.39 is 0 Å². The van der Waals surface area contributed by atoms with Gasteiger partial charge in [-0.1, -0.05) is 12.1 Å². The standard InChI is InChI=1S/C15H20ClNO/c16-11-4-3-10-15(18)17-14-9-5-7-12-6-1-2-8-13(12)14/h5,7,9H,1-4,6,8,10-11H2,(H,17,18). The number of nitrogens with one attached hydrogen (secondary N) is 1. The number of unbranched alkanes of at least 4 members (excludes halogenated alkanes) is 1. The van der Waals surface area contributed by atoms with Crippen LogP contribution in [-0.4, -0.2) is 11.8 Å². The Morgan fingerprint density at radius 1 is 1.22 bits per heavy atom. The van der Waals surface area contributed by atoms with Crippen LogP contribution in [0.4, 0.5) is 5.69 Å². The fourth-order valence-corrected chi connectivity index (χ4v) is 2.68. The number of hydrogen-bond donors (Lipinski definition) is 1. The summed E-state index contributed by atoms with van der Waals surface area (Å²) in [7, 11) is 0. The van der Waals surface area contributed by atoms with Gasteiger partial charge in [0, 0.05) is 18.0 Å². The maximum atomic E-state index is 11.8. The maximum Gasteiger partial charge on any atom is 0.224 e. The Bertz CT molecular complexity index is 417. The lowest BCUT2D eigenvalue weighted by molar-refractivity contribution is -0.116. The quantitative estimate of drug-likeness (QED) is 0.635. The number of carbonyl (C=O) groups excluding carboxylic acids is 1. The fraction of sp³-hybridized carbons (Fsp3) is 0.533. The van der Waals surface area contributed by atoms with Crippen LogP contribution in [0.15, 0.2) is 18.2 Å². The Labute approximate surface area is 114 Å². The molecule has 0 atom stereocenters. The molecule has 1 aliphatic carbocycles. The molecule has 1 amide bonds. The van der Waals surface area contributed by atoms with E-state index in [-0.39, 0.29) is 5.91 Å². The molecule has 2 nitrogen and oxygen atoms in total. The van der Waals surface area contributed by atoms with Crippen molar-refractivity contribution in [2.75, 3.05) is 11.2 Å². The van der Waals surface area contributed by atoms with E-state index in [1.54, 1.807) is 0 Å². The molecule has 0 saturated heterocycles. The van der Waals surface area contributed by atoms with Crippen molar-refractivity contribution in [2.45, 2.75) is 44.9 Å². The van der Waals surface area contributed by atoms with E-state index in [1.807, 2.05) is 12.1 Å². The molecule has 0 aliphatic heterocycles. The highest BCUT2D eigenvalue weighted by molar-refractivity contribution is 6.17. The monoisotopic (exact) mass is 265 g/mol. The molecule has 0 radical (unpaired) electrons. The lowest BCUT2D eigenvalue weighted by atomic mass is 9.90. The highest BCUT2D eigenvalue weighted by Crippen LogP contribution is 2.27. The zero-order valence-corrected chi connectivity index (χ0v) is 11.4. The molecule has 2 rings (SSSR count). The highest BCUT2D eigenvalue weighted by atomic mass is 35.5. The first-order valence-electron chi connectivity index (χ1n) is 6.78. The summed E-state index contributed by atoms with van der Waals surface area (Å²) in [5.74, 6) is 0.743. The van der Waals surface area contributed by atoms with Gasteiger partial charge >= 0.3 is 0 Å². The van der Waals surface area contributed by atoms with E-state index in [1.165, 1.54) is 24.0 Å². The molecule has 18 heavy (non-hydrogen) atoms. The third-order valence-corrected chi connectivity index (χ3v) is 3.72. The van der Waals surface area contributed by atoms with Crippen LogP contribution in [0, 0.1) is 0 Å². The second-order valence-electron chi connectivity index (χ2n) is 4.84. The first-order chi connectivity index (χ1) is 8.81. The van der Waals surface area contributed by atoms with Crippen LogP contribution < -0.4 is 5.32 Å². The molecule has 1 aromatic rings. The number of rotatable bonds is 5. The molecule has 1 aliphatic rings. The predicted octanol–water partition coefficient (Wildman–Crippen LogP) is 3.91. The lowest BCUT2D eigenvalue weighted by Gasteiger charge is -2.19. The van der Waals surface area contributed by atoms with Gasteiger partial charge in [-0.15, -0.1) is 11.6 Å². The average Bonchev–Trinajstić information content (AvgIpc) is 2.39. The summed E-state index contributed by atoms with van der Waals surface area (Å²) in [6.07, 6.45) is 7.06. The third-order valence-electron chi connectivity index (χ3n) is 3.46. The maximum absolute atomic E-state index is 11.8. The Balaban J connectivity index is 1.98. The molecule has 3 heteroatoms. The number of aryl methyl sites for hydroxylation is 1. The SMILES string of the molecule is O=C(CCCCCl)Nc1cccc2c1CCCC2. The minimum Gasteiger partial charge on any atom is -0.326 e. The molecule has 98 valence electrons. The smallest absolute Gasteiger partial charge is 0.224 e. The zero-order valence-electron chi connectivity index (χ0n) is 10.7. The number of alkyl halides is 1. The molecule has 0 unspecified atom stereocenters. The van der Waals surface area contributed by atoms with Crippen molar-refractivity contribution in [2.24, 2.45) is 0 Å². The summed E-state index contributed by atoms with van der Waals surface area (Å²) < 4.78 is 0. The molecule has 1 N–H and O–H groups in total. The van der Waals surface area contributed by atoms with Gasteiger partial charge in [0.2, 0.25) is 5.91 Å². The largest absolute Gasteiger partial charge is 0.326 e. The average molecular weight is 266 g/mol. The normalized spacial score (nSPS) is 14.1. The van der Waals surface area contributed by atoms with Crippen LogP contribution in [0.25, 0.3) is 0 Å². The van der Waals surface area contributed by atoms with Crippen molar-refractivity contribution in [3.63, 3.8) is 0 Å². The molecule has 0 spiro atoms. The van der Waals surface area contributed by atoms with Gasteiger partial charge in [0.1, 0.15) is 0 Å². The first kappa shape index (κ1) is 13.4. The molecule has 0 fully saturated rings. The van der Waals surface area contributed by atoms with Gasteiger partial charge in [0.25, 0.3) is 0 Å². The summed E-state index contributed by atoms with van der Waals surface area (Å²) in [5.41, 5.74) is 3.76. The summed E-state index contributed by atoms with van der Waals surface area (Å²) in [6.45, 7) is 0. The van der Waals surface area contributed by atoms with Crippen molar-refractivity contribution < 1.29 is 4.79 Å². The van der Waals surface area contributed by atoms with Crippen LogP contribution in [0.1, 0.15) is 43.2 Å². The Kier molecular flexibility index (Phi) is 5.06. The summed E-state index contributed by atoms with van der Waals surface area (Å²) in [5, 5.41) is 3.05. The molecule has 0 heterocycles. The molecule has 0 aromatic heterocycles. The van der Waals surface area contributed by atoms with Crippen LogP contribution in [0.2, 0.25) is 0 Å². The lowest BCUT2D eigenvalue weighted by Crippen LogP contribution is -2.15. The van der Waals surface area contributed by atoms with Crippen LogP contribution in [0.5, 0.6) is 0 Å². The van der Waals surface area contributed by atoms with Crippen LogP contribution in [0.3, 0.4) is 0 Å². The van der Waals surface area contributed by atoms with Gasteiger partial charge < -0.3 is 5.32 Å². The molecular weight excluding hydrogens is 246 g/mol. The van der Waals surface area contributed by atoms with Crippen molar-refractivity contribution in [1.29, 1.82) is 0 Å². The number of hydrogen-bond acceptors (Lipinski definition) is 1. The van der Waals surface area contributed by atoms with Gasteiger partial charge in [0.05, 0.1) is 0 Å². The Hall–Kier alpha value is -1.02. The number of amides is 1.